The van der Waals surface area contributed by atoms with Crippen LogP contribution >= 0.6 is 0 Å². The van der Waals surface area contributed by atoms with Gasteiger partial charge < -0.3 is 15.7 Å². The van der Waals surface area contributed by atoms with Crippen molar-refractivity contribution in [2.24, 2.45) is 11.7 Å². The van der Waals surface area contributed by atoms with Gasteiger partial charge in [-0.05, 0) is 32.2 Å². The number of carbonyl (C=O) groups excluding carboxylic acids is 1. The molecule has 0 bridgehead atoms. The lowest BCUT2D eigenvalue weighted by Crippen LogP contribution is -2.35. The van der Waals surface area contributed by atoms with Crippen molar-refractivity contribution >= 4 is 11.9 Å². The smallest absolute Gasteiger partial charge is 0.323 e. The zero-order valence-corrected chi connectivity index (χ0v) is 11.5. The second-order valence-electron chi connectivity index (χ2n) is 4.57. The summed E-state index contributed by atoms with van der Waals surface area (Å²) in [6.45, 7) is 4.80. The molecule has 1 unspecified atom stereocenters. The first kappa shape index (κ1) is 16.9. The number of carbonyl (C=O) groups is 2. The van der Waals surface area contributed by atoms with Gasteiger partial charge in [-0.15, -0.1) is 0 Å². The number of hydrogen-bond acceptors (Lipinski definition) is 3. The maximum Gasteiger partial charge on any atom is 0.323 e. The number of amides is 1. The molecular weight excluding hydrogens is 232 g/mol. The summed E-state index contributed by atoms with van der Waals surface area (Å²) in [5.41, 5.74) is 5.54. The van der Waals surface area contributed by atoms with E-state index in [0.717, 1.165) is 25.7 Å². The third-order valence-electron chi connectivity index (χ3n) is 3.10. The van der Waals surface area contributed by atoms with E-state index in [9.17, 15) is 9.59 Å². The van der Waals surface area contributed by atoms with Gasteiger partial charge in [0.25, 0.3) is 0 Å². The van der Waals surface area contributed by atoms with Gasteiger partial charge in [-0.2, -0.15) is 0 Å². The molecule has 5 nitrogen and oxygen atoms in total. The van der Waals surface area contributed by atoms with Gasteiger partial charge in [-0.3, -0.25) is 9.59 Å². The van der Waals surface area contributed by atoms with Gasteiger partial charge in [0.05, 0.1) is 0 Å². The van der Waals surface area contributed by atoms with Crippen molar-refractivity contribution in [2.75, 3.05) is 19.6 Å². The molecule has 0 spiro atoms. The average molecular weight is 258 g/mol. The lowest BCUT2D eigenvalue weighted by atomic mass is 9.94. The normalized spacial score (nSPS) is 12.2. The summed E-state index contributed by atoms with van der Waals surface area (Å²) in [4.78, 5) is 23.8. The summed E-state index contributed by atoms with van der Waals surface area (Å²) < 4.78 is 0. The third kappa shape index (κ3) is 7.27. The number of carboxylic acid groups (broad SMARTS) is 1. The van der Waals surface area contributed by atoms with Crippen molar-refractivity contribution in [1.29, 1.82) is 0 Å². The van der Waals surface area contributed by atoms with Crippen LogP contribution in [0.2, 0.25) is 0 Å². The van der Waals surface area contributed by atoms with E-state index in [1.165, 1.54) is 4.90 Å². The van der Waals surface area contributed by atoms with Crippen LogP contribution in [-0.2, 0) is 9.59 Å². The molecule has 1 amide bonds. The van der Waals surface area contributed by atoms with E-state index in [2.05, 4.69) is 6.92 Å². The summed E-state index contributed by atoms with van der Waals surface area (Å²) in [5, 5.41) is 8.70. The zero-order chi connectivity index (χ0) is 14.0. The molecule has 0 saturated heterocycles. The second-order valence-corrected chi connectivity index (χ2v) is 4.57. The largest absolute Gasteiger partial charge is 0.480 e. The first-order chi connectivity index (χ1) is 8.54. The molecule has 5 heteroatoms. The molecule has 0 aliphatic heterocycles. The van der Waals surface area contributed by atoms with E-state index in [1.807, 2.05) is 0 Å². The maximum absolute atomic E-state index is 11.9. The average Bonchev–Trinajstić information content (AvgIpc) is 2.33. The van der Waals surface area contributed by atoms with Crippen LogP contribution in [0.5, 0.6) is 0 Å². The lowest BCUT2D eigenvalue weighted by molar-refractivity contribution is -0.144. The molecule has 106 valence electrons. The fourth-order valence-corrected chi connectivity index (χ4v) is 2.10. The van der Waals surface area contributed by atoms with Gasteiger partial charge in [0.2, 0.25) is 5.91 Å². The van der Waals surface area contributed by atoms with Crippen LogP contribution < -0.4 is 5.73 Å². The van der Waals surface area contributed by atoms with Gasteiger partial charge in [0.15, 0.2) is 0 Å². The standard InChI is InChI=1S/C13H26N2O3/c1-3-5-11(8-9-14)6-7-12(16)15(4-2)10-13(17)18/h11H,3-10,14H2,1-2H3,(H,17,18). The maximum atomic E-state index is 11.9. The van der Waals surface area contributed by atoms with Crippen molar-refractivity contribution in [1.82, 2.24) is 4.90 Å². The van der Waals surface area contributed by atoms with E-state index >= 15 is 0 Å². The van der Waals surface area contributed by atoms with Crippen molar-refractivity contribution in [3.05, 3.63) is 0 Å². The number of rotatable bonds is 10. The van der Waals surface area contributed by atoms with E-state index in [1.54, 1.807) is 6.92 Å². The summed E-state index contributed by atoms with van der Waals surface area (Å²) in [6.07, 6.45) is 4.33. The Bertz CT molecular complexity index is 251. The second kappa shape index (κ2) is 9.88. The first-order valence-electron chi connectivity index (χ1n) is 6.74. The number of likely N-dealkylation sites (N-methyl/N-ethyl adjacent to an activating group) is 1. The molecule has 0 aromatic carbocycles. The van der Waals surface area contributed by atoms with Crippen LogP contribution in [0.25, 0.3) is 0 Å². The minimum Gasteiger partial charge on any atom is -0.480 e. The first-order valence-corrected chi connectivity index (χ1v) is 6.74. The highest BCUT2D eigenvalue weighted by molar-refractivity contribution is 5.81. The molecule has 0 aromatic rings. The van der Waals surface area contributed by atoms with Crippen LogP contribution in [0.1, 0.15) is 46.0 Å². The highest BCUT2D eigenvalue weighted by Crippen LogP contribution is 2.17. The Morgan fingerprint density at radius 2 is 1.89 bits per heavy atom. The van der Waals surface area contributed by atoms with E-state index in [0.29, 0.717) is 25.4 Å². The molecule has 0 fully saturated rings. The van der Waals surface area contributed by atoms with Crippen LogP contribution in [-0.4, -0.2) is 41.5 Å². The monoisotopic (exact) mass is 258 g/mol. The third-order valence-corrected chi connectivity index (χ3v) is 3.10. The molecule has 0 aliphatic rings. The Hall–Kier alpha value is -1.10. The molecule has 0 heterocycles. The zero-order valence-electron chi connectivity index (χ0n) is 11.5. The van der Waals surface area contributed by atoms with Crippen molar-refractivity contribution < 1.29 is 14.7 Å². The minimum atomic E-state index is -0.961. The summed E-state index contributed by atoms with van der Waals surface area (Å²) in [7, 11) is 0. The predicted molar refractivity (Wildman–Crippen MR) is 71.2 cm³/mol. The van der Waals surface area contributed by atoms with Gasteiger partial charge in [0.1, 0.15) is 6.54 Å². The molecule has 0 rings (SSSR count). The molecule has 0 radical (unpaired) electrons. The van der Waals surface area contributed by atoms with Crippen molar-refractivity contribution in [3.8, 4) is 0 Å². The Kier molecular flexibility index (Phi) is 9.28. The summed E-state index contributed by atoms with van der Waals surface area (Å²) in [5.74, 6) is -0.553. The van der Waals surface area contributed by atoms with Crippen LogP contribution in [0.3, 0.4) is 0 Å². The Morgan fingerprint density at radius 3 is 2.33 bits per heavy atom. The summed E-state index contributed by atoms with van der Waals surface area (Å²) >= 11 is 0. The quantitative estimate of drug-likeness (QED) is 0.621. The molecular formula is C13H26N2O3. The molecule has 0 saturated carbocycles. The summed E-state index contributed by atoms with van der Waals surface area (Å²) in [6, 6.07) is 0. The topological polar surface area (TPSA) is 83.6 Å². The Labute approximate surface area is 109 Å². The number of carboxylic acids is 1. The van der Waals surface area contributed by atoms with Gasteiger partial charge in [-0.1, -0.05) is 19.8 Å². The fraction of sp³-hybridized carbons (Fsp3) is 0.846. The van der Waals surface area contributed by atoms with E-state index in [4.69, 9.17) is 10.8 Å². The Morgan fingerprint density at radius 1 is 1.22 bits per heavy atom. The predicted octanol–water partition coefficient (Wildman–Crippen LogP) is 1.46. The van der Waals surface area contributed by atoms with Gasteiger partial charge in [-0.25, -0.2) is 0 Å². The molecule has 0 aromatic heterocycles. The number of nitrogens with zero attached hydrogens (tertiary/aromatic N) is 1. The molecule has 0 aliphatic carbocycles. The Balaban J connectivity index is 4.14. The highest BCUT2D eigenvalue weighted by Gasteiger charge is 2.16. The van der Waals surface area contributed by atoms with Crippen LogP contribution in [0, 0.1) is 5.92 Å². The molecule has 18 heavy (non-hydrogen) atoms. The highest BCUT2D eigenvalue weighted by atomic mass is 16.4. The van der Waals surface area contributed by atoms with Crippen molar-refractivity contribution in [3.63, 3.8) is 0 Å². The van der Waals surface area contributed by atoms with E-state index < -0.39 is 5.97 Å². The van der Waals surface area contributed by atoms with Gasteiger partial charge in [0, 0.05) is 13.0 Å². The van der Waals surface area contributed by atoms with Crippen LogP contribution in [0.15, 0.2) is 0 Å². The molecule has 3 N–H and O–H groups in total. The molecule has 1 atom stereocenters. The van der Waals surface area contributed by atoms with E-state index in [-0.39, 0.29) is 12.5 Å². The number of aliphatic carboxylic acids is 1. The number of nitrogens with two attached hydrogens (primary N) is 1. The van der Waals surface area contributed by atoms with Crippen molar-refractivity contribution in [2.45, 2.75) is 46.0 Å². The van der Waals surface area contributed by atoms with Gasteiger partial charge >= 0.3 is 5.97 Å². The lowest BCUT2D eigenvalue weighted by Gasteiger charge is -2.20. The SMILES string of the molecule is CCCC(CCN)CCC(=O)N(CC)CC(=O)O. The fourth-order valence-electron chi connectivity index (χ4n) is 2.10. The minimum absolute atomic E-state index is 0.0713. The number of hydrogen-bond donors (Lipinski definition) is 2. The van der Waals surface area contributed by atoms with Crippen LogP contribution in [0.4, 0.5) is 0 Å².